The monoisotopic (exact) mass is 341 g/mol. The second kappa shape index (κ2) is 6.86. The molecule has 3 aromatic rings. The molecular formula is C22H19N3O. The number of hydrogen-bond donors (Lipinski definition) is 0. The van der Waals surface area contributed by atoms with E-state index in [0.29, 0.717) is 17.9 Å². The Balaban J connectivity index is 2.04. The maximum Gasteiger partial charge on any atom is 0.216 e. The fraction of sp³-hybridized carbons (Fsp3) is 0.227. The first kappa shape index (κ1) is 17.5. The van der Waals surface area contributed by atoms with E-state index in [9.17, 15) is 5.26 Å². The van der Waals surface area contributed by atoms with E-state index in [0.717, 1.165) is 27.6 Å². The second-order valence-corrected chi connectivity index (χ2v) is 6.65. The van der Waals surface area contributed by atoms with Gasteiger partial charge in [0.15, 0.2) is 0 Å². The predicted octanol–water partition coefficient (Wildman–Crippen LogP) is 4.45. The van der Waals surface area contributed by atoms with E-state index in [1.54, 1.807) is 13.2 Å². The highest BCUT2D eigenvalue weighted by Crippen LogP contribution is 2.31. The van der Waals surface area contributed by atoms with Gasteiger partial charge in [-0.05, 0) is 55.7 Å². The van der Waals surface area contributed by atoms with Crippen LogP contribution in [0.15, 0.2) is 48.5 Å². The number of hydrogen-bond acceptors (Lipinski definition) is 4. The molecule has 0 bridgehead atoms. The van der Waals surface area contributed by atoms with Gasteiger partial charge in [-0.25, -0.2) is 4.98 Å². The van der Waals surface area contributed by atoms with Crippen molar-refractivity contribution in [3.05, 3.63) is 70.8 Å². The molecule has 3 rings (SSSR count). The lowest BCUT2D eigenvalue weighted by Gasteiger charge is -2.23. The van der Waals surface area contributed by atoms with E-state index < -0.39 is 5.41 Å². The van der Waals surface area contributed by atoms with Crippen molar-refractivity contribution in [1.82, 2.24) is 4.98 Å². The van der Waals surface area contributed by atoms with Crippen LogP contribution in [0.2, 0.25) is 0 Å². The molecule has 4 heteroatoms. The van der Waals surface area contributed by atoms with Crippen LogP contribution in [0.5, 0.6) is 5.88 Å². The molecule has 0 aliphatic rings. The zero-order valence-electron chi connectivity index (χ0n) is 15.1. The zero-order valence-corrected chi connectivity index (χ0v) is 15.1. The Morgan fingerprint density at radius 2 is 1.92 bits per heavy atom. The summed E-state index contributed by atoms with van der Waals surface area (Å²) in [6.45, 7) is 3.87. The van der Waals surface area contributed by atoms with E-state index in [1.165, 1.54) is 0 Å². The van der Waals surface area contributed by atoms with Gasteiger partial charge in [0.2, 0.25) is 5.88 Å². The van der Waals surface area contributed by atoms with Crippen LogP contribution < -0.4 is 4.74 Å². The van der Waals surface area contributed by atoms with Crippen molar-refractivity contribution >= 4 is 10.9 Å². The highest BCUT2D eigenvalue weighted by molar-refractivity contribution is 5.81. The molecule has 0 aliphatic carbocycles. The van der Waals surface area contributed by atoms with Crippen LogP contribution in [0, 0.1) is 29.6 Å². The first-order valence-corrected chi connectivity index (χ1v) is 8.35. The largest absolute Gasteiger partial charge is 0.481 e. The minimum atomic E-state index is -0.720. The van der Waals surface area contributed by atoms with Gasteiger partial charge in [-0.1, -0.05) is 24.3 Å². The number of fused-ring (bicyclic) bond motifs is 1. The number of aryl methyl sites for hydroxylation is 1. The summed E-state index contributed by atoms with van der Waals surface area (Å²) in [6, 6.07) is 19.9. The number of benzene rings is 2. The van der Waals surface area contributed by atoms with Gasteiger partial charge in [-0.3, -0.25) is 0 Å². The van der Waals surface area contributed by atoms with Crippen molar-refractivity contribution in [2.45, 2.75) is 25.7 Å². The van der Waals surface area contributed by atoms with Crippen LogP contribution in [-0.2, 0) is 11.8 Å². The number of pyridine rings is 1. The Bertz CT molecular complexity index is 1060. The van der Waals surface area contributed by atoms with Crippen molar-refractivity contribution < 1.29 is 4.74 Å². The smallest absolute Gasteiger partial charge is 0.216 e. The highest BCUT2D eigenvalue weighted by atomic mass is 16.5. The van der Waals surface area contributed by atoms with Crippen molar-refractivity contribution in [3.8, 4) is 18.0 Å². The van der Waals surface area contributed by atoms with Crippen LogP contribution >= 0.6 is 0 Å². The molecule has 1 aromatic heterocycles. The van der Waals surface area contributed by atoms with Gasteiger partial charge in [0, 0.05) is 10.9 Å². The first-order valence-electron chi connectivity index (χ1n) is 8.35. The molecule has 0 fully saturated rings. The number of methoxy groups -OCH3 is 1. The van der Waals surface area contributed by atoms with Crippen molar-refractivity contribution in [3.63, 3.8) is 0 Å². The Hall–Kier alpha value is -3.37. The average molecular weight is 341 g/mol. The topological polar surface area (TPSA) is 69.7 Å². The molecule has 4 nitrogen and oxygen atoms in total. The van der Waals surface area contributed by atoms with E-state index in [2.05, 4.69) is 17.1 Å². The van der Waals surface area contributed by atoms with Gasteiger partial charge >= 0.3 is 0 Å². The minimum Gasteiger partial charge on any atom is -0.481 e. The van der Waals surface area contributed by atoms with E-state index in [-0.39, 0.29) is 0 Å². The highest BCUT2D eigenvalue weighted by Gasteiger charge is 2.27. The van der Waals surface area contributed by atoms with Crippen LogP contribution in [-0.4, -0.2) is 12.1 Å². The summed E-state index contributed by atoms with van der Waals surface area (Å²) in [5, 5.41) is 20.0. The normalized spacial score (nSPS) is 12.8. The summed E-state index contributed by atoms with van der Waals surface area (Å²) >= 11 is 0. The Kier molecular flexibility index (Phi) is 4.61. The van der Waals surface area contributed by atoms with Gasteiger partial charge in [0.1, 0.15) is 0 Å². The van der Waals surface area contributed by atoms with Gasteiger partial charge in [-0.15, -0.1) is 0 Å². The van der Waals surface area contributed by atoms with Gasteiger partial charge in [-0.2, -0.15) is 10.5 Å². The third kappa shape index (κ3) is 3.23. The molecule has 26 heavy (non-hydrogen) atoms. The first-order chi connectivity index (χ1) is 12.5. The quantitative estimate of drug-likeness (QED) is 0.703. The summed E-state index contributed by atoms with van der Waals surface area (Å²) in [5.41, 5.74) is 3.52. The number of ether oxygens (including phenoxy) is 1. The Morgan fingerprint density at radius 1 is 1.12 bits per heavy atom. The molecular weight excluding hydrogens is 322 g/mol. The fourth-order valence-corrected chi connectivity index (χ4v) is 3.17. The molecule has 1 heterocycles. The average Bonchev–Trinajstić information content (AvgIpc) is 2.67. The van der Waals surface area contributed by atoms with Crippen molar-refractivity contribution in [2.24, 2.45) is 0 Å². The molecule has 0 aliphatic heterocycles. The third-order valence-corrected chi connectivity index (χ3v) is 4.65. The molecule has 0 saturated heterocycles. The van der Waals surface area contributed by atoms with Gasteiger partial charge < -0.3 is 4.74 Å². The summed E-state index contributed by atoms with van der Waals surface area (Å²) in [5.74, 6) is 0.593. The van der Waals surface area contributed by atoms with Crippen LogP contribution in [0.4, 0.5) is 0 Å². The molecule has 0 amide bonds. The lowest BCUT2D eigenvalue weighted by molar-refractivity contribution is 0.396. The summed E-state index contributed by atoms with van der Waals surface area (Å²) in [6.07, 6.45) is 0.521. The fourth-order valence-electron chi connectivity index (χ4n) is 3.17. The number of aromatic nitrogens is 1. The third-order valence-electron chi connectivity index (χ3n) is 4.65. The van der Waals surface area contributed by atoms with Crippen molar-refractivity contribution in [1.29, 1.82) is 10.5 Å². The van der Waals surface area contributed by atoms with Crippen LogP contribution in [0.25, 0.3) is 10.9 Å². The minimum absolute atomic E-state index is 0.521. The molecule has 0 radical (unpaired) electrons. The van der Waals surface area contributed by atoms with Gasteiger partial charge in [0.05, 0.1) is 35.7 Å². The lowest BCUT2D eigenvalue weighted by atomic mass is 9.78. The molecule has 2 aromatic carbocycles. The standard InChI is InChI=1S/C22H19N3O/c1-15-9-18-7-8-19(11-20(18)25-21(15)26-3)22(2,14-24)12-16-5-4-6-17(10-16)13-23/h4-11H,12H2,1-3H3. The Morgan fingerprint density at radius 3 is 2.62 bits per heavy atom. The lowest BCUT2D eigenvalue weighted by Crippen LogP contribution is -2.23. The number of nitriles is 2. The SMILES string of the molecule is COc1nc2cc(C(C)(C#N)Cc3cccc(C#N)c3)ccc2cc1C. The molecule has 1 atom stereocenters. The number of nitrogens with zero attached hydrogens (tertiary/aromatic N) is 3. The molecule has 0 saturated carbocycles. The second-order valence-electron chi connectivity index (χ2n) is 6.65. The summed E-state index contributed by atoms with van der Waals surface area (Å²) < 4.78 is 5.32. The van der Waals surface area contributed by atoms with E-state index >= 15 is 0 Å². The molecule has 0 N–H and O–H groups in total. The number of rotatable bonds is 4. The summed E-state index contributed by atoms with van der Waals surface area (Å²) in [7, 11) is 1.60. The van der Waals surface area contributed by atoms with E-state index in [4.69, 9.17) is 10.00 Å². The maximum absolute atomic E-state index is 9.88. The summed E-state index contributed by atoms with van der Waals surface area (Å²) in [4.78, 5) is 4.56. The van der Waals surface area contributed by atoms with Crippen LogP contribution in [0.3, 0.4) is 0 Å². The van der Waals surface area contributed by atoms with Crippen molar-refractivity contribution in [2.75, 3.05) is 7.11 Å². The zero-order chi connectivity index (χ0) is 18.7. The molecule has 128 valence electrons. The molecule has 0 spiro atoms. The predicted molar refractivity (Wildman–Crippen MR) is 101 cm³/mol. The molecule has 1 unspecified atom stereocenters. The van der Waals surface area contributed by atoms with E-state index in [1.807, 2.05) is 56.3 Å². The van der Waals surface area contributed by atoms with Crippen LogP contribution in [0.1, 0.15) is 29.2 Å². The maximum atomic E-state index is 9.88. The van der Waals surface area contributed by atoms with Gasteiger partial charge in [0.25, 0.3) is 0 Å². The Labute approximate surface area is 153 Å².